The van der Waals surface area contributed by atoms with Crippen LogP contribution in [0.1, 0.15) is 22.8 Å². The molecule has 21 heavy (non-hydrogen) atoms. The lowest BCUT2D eigenvalue weighted by molar-refractivity contribution is 0.0697. The molecule has 0 atom stereocenters. The van der Waals surface area contributed by atoms with Crippen LogP contribution in [0.15, 0.2) is 53.6 Å². The molecule has 0 aliphatic heterocycles. The topological polar surface area (TPSA) is 70.9 Å². The number of carboxylic acids is 1. The second-order valence-electron chi connectivity index (χ2n) is 4.25. The molecule has 0 fully saturated rings. The van der Waals surface area contributed by atoms with Gasteiger partial charge in [0.15, 0.2) is 0 Å². The van der Waals surface area contributed by atoms with E-state index in [1.54, 1.807) is 18.3 Å². The highest BCUT2D eigenvalue weighted by atomic mass is 16.5. The van der Waals surface area contributed by atoms with Crippen LogP contribution in [0, 0.1) is 0 Å². The van der Waals surface area contributed by atoms with E-state index in [-0.39, 0.29) is 5.56 Å². The van der Waals surface area contributed by atoms with Crippen molar-refractivity contribution in [3.63, 3.8) is 0 Å². The van der Waals surface area contributed by atoms with Gasteiger partial charge in [-0.15, -0.1) is 0 Å². The van der Waals surface area contributed by atoms with E-state index in [0.717, 1.165) is 17.0 Å². The Hall–Kier alpha value is -2.82. The maximum Gasteiger partial charge on any atom is 0.335 e. The monoisotopic (exact) mass is 284 g/mol. The number of anilines is 1. The van der Waals surface area contributed by atoms with Gasteiger partial charge in [0.1, 0.15) is 5.75 Å². The van der Waals surface area contributed by atoms with Crippen molar-refractivity contribution in [3.8, 4) is 5.75 Å². The van der Waals surface area contributed by atoms with E-state index in [4.69, 9.17) is 9.84 Å². The second-order valence-corrected chi connectivity index (χ2v) is 4.25. The van der Waals surface area contributed by atoms with E-state index in [1.807, 2.05) is 31.2 Å². The quantitative estimate of drug-likeness (QED) is 0.631. The highest BCUT2D eigenvalue weighted by Gasteiger charge is 2.00. The summed E-state index contributed by atoms with van der Waals surface area (Å²) in [6.07, 6.45) is 1.68. The first-order chi connectivity index (χ1) is 10.2. The summed E-state index contributed by atoms with van der Waals surface area (Å²) in [5, 5.41) is 12.9. The lowest BCUT2D eigenvalue weighted by Crippen LogP contribution is -1.96. The lowest BCUT2D eigenvalue weighted by Gasteiger charge is -2.03. The number of nitrogens with zero attached hydrogens (tertiary/aromatic N) is 1. The summed E-state index contributed by atoms with van der Waals surface area (Å²) in [6, 6.07) is 14.0. The summed E-state index contributed by atoms with van der Waals surface area (Å²) in [4.78, 5) is 10.7. The molecule has 108 valence electrons. The Morgan fingerprint density at radius 1 is 1.19 bits per heavy atom. The Morgan fingerprint density at radius 3 is 2.43 bits per heavy atom. The molecule has 2 aromatic rings. The third-order valence-electron chi connectivity index (χ3n) is 2.73. The third kappa shape index (κ3) is 4.35. The van der Waals surface area contributed by atoms with Gasteiger partial charge in [-0.1, -0.05) is 0 Å². The highest BCUT2D eigenvalue weighted by Crippen LogP contribution is 2.12. The minimum Gasteiger partial charge on any atom is -0.494 e. The fraction of sp³-hybridized carbons (Fsp3) is 0.125. The lowest BCUT2D eigenvalue weighted by atomic mass is 10.2. The van der Waals surface area contributed by atoms with E-state index in [1.165, 1.54) is 12.1 Å². The number of aromatic carboxylic acids is 1. The van der Waals surface area contributed by atoms with Gasteiger partial charge in [-0.05, 0) is 61.0 Å². The third-order valence-corrected chi connectivity index (χ3v) is 2.73. The van der Waals surface area contributed by atoms with Crippen LogP contribution in [-0.2, 0) is 0 Å². The molecular formula is C16H16N2O3. The average Bonchev–Trinajstić information content (AvgIpc) is 2.50. The van der Waals surface area contributed by atoms with Gasteiger partial charge in [0.2, 0.25) is 0 Å². The van der Waals surface area contributed by atoms with Crippen molar-refractivity contribution < 1.29 is 14.6 Å². The number of hydrogen-bond donors (Lipinski definition) is 2. The molecule has 0 aliphatic carbocycles. The number of nitrogens with one attached hydrogen (secondary N) is 1. The number of carboxylic acid groups (broad SMARTS) is 1. The number of ether oxygens (including phenoxy) is 1. The van der Waals surface area contributed by atoms with Crippen LogP contribution in [0.5, 0.6) is 5.75 Å². The Morgan fingerprint density at radius 2 is 1.86 bits per heavy atom. The smallest absolute Gasteiger partial charge is 0.335 e. The Labute approximate surface area is 122 Å². The Bertz CT molecular complexity index is 619. The normalized spacial score (nSPS) is 10.5. The summed E-state index contributed by atoms with van der Waals surface area (Å²) >= 11 is 0. The molecule has 0 saturated carbocycles. The van der Waals surface area contributed by atoms with Gasteiger partial charge < -0.3 is 9.84 Å². The second kappa shape index (κ2) is 7.09. The van der Waals surface area contributed by atoms with Crippen LogP contribution in [0.4, 0.5) is 5.69 Å². The minimum atomic E-state index is -0.945. The molecule has 0 radical (unpaired) electrons. The summed E-state index contributed by atoms with van der Waals surface area (Å²) in [6.45, 7) is 2.58. The molecule has 2 rings (SSSR count). The van der Waals surface area contributed by atoms with Crippen molar-refractivity contribution in [1.29, 1.82) is 0 Å². The molecule has 2 aromatic carbocycles. The van der Waals surface area contributed by atoms with Gasteiger partial charge in [-0.2, -0.15) is 5.10 Å². The SMILES string of the molecule is CCOc1ccc(/C=N\Nc2ccc(C(=O)O)cc2)cc1. The number of hydrogen-bond acceptors (Lipinski definition) is 4. The number of hydrazone groups is 1. The van der Waals surface area contributed by atoms with Crippen LogP contribution >= 0.6 is 0 Å². The van der Waals surface area contributed by atoms with E-state index in [9.17, 15) is 4.79 Å². The van der Waals surface area contributed by atoms with Crippen LogP contribution < -0.4 is 10.2 Å². The zero-order chi connectivity index (χ0) is 15.1. The van der Waals surface area contributed by atoms with Gasteiger partial charge >= 0.3 is 5.97 Å². The fourth-order valence-corrected chi connectivity index (χ4v) is 1.69. The molecule has 5 heteroatoms. The summed E-state index contributed by atoms with van der Waals surface area (Å²) < 4.78 is 5.36. The minimum absolute atomic E-state index is 0.246. The van der Waals surface area contributed by atoms with Crippen molar-refractivity contribution in [3.05, 3.63) is 59.7 Å². The number of rotatable bonds is 6. The Balaban J connectivity index is 1.93. The van der Waals surface area contributed by atoms with Gasteiger partial charge in [0.05, 0.1) is 24.1 Å². The van der Waals surface area contributed by atoms with Crippen LogP contribution in [0.3, 0.4) is 0 Å². The van der Waals surface area contributed by atoms with E-state index in [2.05, 4.69) is 10.5 Å². The fourth-order valence-electron chi connectivity index (χ4n) is 1.69. The maximum absolute atomic E-state index is 10.7. The molecule has 5 nitrogen and oxygen atoms in total. The summed E-state index contributed by atoms with van der Waals surface area (Å²) in [5.41, 5.74) is 4.75. The largest absolute Gasteiger partial charge is 0.494 e. The maximum atomic E-state index is 10.7. The van der Waals surface area contributed by atoms with Crippen LogP contribution in [0.2, 0.25) is 0 Å². The van der Waals surface area contributed by atoms with Crippen LogP contribution in [0.25, 0.3) is 0 Å². The van der Waals surface area contributed by atoms with E-state index in [0.29, 0.717) is 6.61 Å². The van der Waals surface area contributed by atoms with Crippen molar-refractivity contribution in [2.75, 3.05) is 12.0 Å². The number of benzene rings is 2. The first kappa shape index (κ1) is 14.6. The molecule has 0 amide bonds. The summed E-state index contributed by atoms with van der Waals surface area (Å²) in [5.74, 6) is -0.119. The molecule has 0 bridgehead atoms. The zero-order valence-electron chi connectivity index (χ0n) is 11.6. The molecule has 0 spiro atoms. The molecular weight excluding hydrogens is 268 g/mol. The molecule has 0 saturated heterocycles. The van der Waals surface area contributed by atoms with Crippen molar-refractivity contribution in [2.24, 2.45) is 5.10 Å². The number of carbonyl (C=O) groups is 1. The molecule has 0 heterocycles. The van der Waals surface area contributed by atoms with E-state index < -0.39 is 5.97 Å². The van der Waals surface area contributed by atoms with E-state index >= 15 is 0 Å². The molecule has 0 unspecified atom stereocenters. The van der Waals surface area contributed by atoms with Gasteiger partial charge in [0, 0.05) is 0 Å². The molecule has 0 aromatic heterocycles. The standard InChI is InChI=1S/C16H16N2O3/c1-2-21-15-9-3-12(4-10-15)11-17-18-14-7-5-13(6-8-14)16(19)20/h3-11,18H,2H2,1H3,(H,19,20)/b17-11-. The van der Waals surface area contributed by atoms with Gasteiger partial charge in [-0.25, -0.2) is 4.79 Å². The molecule has 0 aliphatic rings. The van der Waals surface area contributed by atoms with Crippen molar-refractivity contribution >= 4 is 17.9 Å². The van der Waals surface area contributed by atoms with Crippen molar-refractivity contribution in [1.82, 2.24) is 0 Å². The van der Waals surface area contributed by atoms with Crippen LogP contribution in [-0.4, -0.2) is 23.9 Å². The Kier molecular flexibility index (Phi) is 4.93. The molecule has 2 N–H and O–H groups in total. The first-order valence-corrected chi connectivity index (χ1v) is 6.54. The predicted octanol–water partition coefficient (Wildman–Crippen LogP) is 3.23. The first-order valence-electron chi connectivity index (χ1n) is 6.54. The highest BCUT2D eigenvalue weighted by molar-refractivity contribution is 5.88. The van der Waals surface area contributed by atoms with Crippen molar-refractivity contribution in [2.45, 2.75) is 6.92 Å². The van der Waals surface area contributed by atoms with Gasteiger partial charge in [-0.3, -0.25) is 5.43 Å². The average molecular weight is 284 g/mol. The predicted molar refractivity (Wildman–Crippen MR) is 82.2 cm³/mol. The zero-order valence-corrected chi connectivity index (χ0v) is 11.6. The summed E-state index contributed by atoms with van der Waals surface area (Å²) in [7, 11) is 0. The van der Waals surface area contributed by atoms with Gasteiger partial charge in [0.25, 0.3) is 0 Å².